The third-order valence-electron chi connectivity index (χ3n) is 3.88. The SMILES string of the molecule is Cn1cc(-c2cc3cnc(Nc4ccncc4)cc3n2C)cn1. The normalized spacial score (nSPS) is 11.0. The van der Waals surface area contributed by atoms with Crippen LogP contribution in [-0.4, -0.2) is 24.3 Å². The lowest BCUT2D eigenvalue weighted by Crippen LogP contribution is -1.95. The highest BCUT2D eigenvalue weighted by Gasteiger charge is 2.10. The third-order valence-corrected chi connectivity index (χ3v) is 3.88. The van der Waals surface area contributed by atoms with Crippen LogP contribution in [0.25, 0.3) is 22.2 Å². The minimum absolute atomic E-state index is 0.808. The zero-order valence-electron chi connectivity index (χ0n) is 12.9. The zero-order valence-corrected chi connectivity index (χ0v) is 12.9. The van der Waals surface area contributed by atoms with Gasteiger partial charge in [-0.25, -0.2) is 4.98 Å². The topological polar surface area (TPSA) is 60.6 Å². The maximum atomic E-state index is 4.49. The van der Waals surface area contributed by atoms with Crippen molar-refractivity contribution in [1.29, 1.82) is 0 Å². The highest BCUT2D eigenvalue weighted by atomic mass is 15.2. The summed E-state index contributed by atoms with van der Waals surface area (Å²) in [6, 6.07) is 8.01. The van der Waals surface area contributed by atoms with Crippen LogP contribution in [0.15, 0.2) is 55.2 Å². The average Bonchev–Trinajstić information content (AvgIpc) is 3.13. The molecule has 0 atom stereocenters. The fraction of sp³-hybridized carbons (Fsp3) is 0.118. The Morgan fingerprint density at radius 2 is 1.87 bits per heavy atom. The van der Waals surface area contributed by atoms with Crippen molar-refractivity contribution in [3.8, 4) is 11.3 Å². The Labute approximate surface area is 133 Å². The molecule has 4 rings (SSSR count). The van der Waals surface area contributed by atoms with Crippen molar-refractivity contribution in [2.45, 2.75) is 0 Å². The molecule has 4 heterocycles. The van der Waals surface area contributed by atoms with Crippen molar-refractivity contribution in [2.75, 3.05) is 5.32 Å². The average molecular weight is 304 g/mol. The van der Waals surface area contributed by atoms with E-state index in [-0.39, 0.29) is 0 Å². The smallest absolute Gasteiger partial charge is 0.132 e. The van der Waals surface area contributed by atoms with Crippen molar-refractivity contribution >= 4 is 22.4 Å². The molecule has 0 bridgehead atoms. The van der Waals surface area contributed by atoms with Gasteiger partial charge in [0.2, 0.25) is 0 Å². The molecular weight excluding hydrogens is 288 g/mol. The lowest BCUT2D eigenvalue weighted by atomic mass is 10.2. The maximum Gasteiger partial charge on any atom is 0.132 e. The maximum absolute atomic E-state index is 4.49. The van der Waals surface area contributed by atoms with E-state index in [2.05, 4.69) is 44.1 Å². The molecule has 6 nitrogen and oxygen atoms in total. The van der Waals surface area contributed by atoms with E-state index in [9.17, 15) is 0 Å². The van der Waals surface area contributed by atoms with Crippen molar-refractivity contribution in [1.82, 2.24) is 24.3 Å². The summed E-state index contributed by atoms with van der Waals surface area (Å²) >= 11 is 0. The predicted octanol–water partition coefficient (Wildman–Crippen LogP) is 3.11. The minimum Gasteiger partial charge on any atom is -0.343 e. The summed E-state index contributed by atoms with van der Waals surface area (Å²) in [5, 5.41) is 8.65. The number of aromatic nitrogens is 5. The van der Waals surface area contributed by atoms with E-state index in [1.165, 1.54) is 0 Å². The van der Waals surface area contributed by atoms with Gasteiger partial charge in [0, 0.05) is 61.6 Å². The Bertz CT molecular complexity index is 967. The van der Waals surface area contributed by atoms with Crippen LogP contribution >= 0.6 is 0 Å². The number of anilines is 2. The van der Waals surface area contributed by atoms with Gasteiger partial charge in [0.15, 0.2) is 0 Å². The summed E-state index contributed by atoms with van der Waals surface area (Å²) in [7, 11) is 3.98. The summed E-state index contributed by atoms with van der Waals surface area (Å²) in [4.78, 5) is 8.51. The Morgan fingerprint density at radius 3 is 2.61 bits per heavy atom. The third kappa shape index (κ3) is 2.44. The number of rotatable bonds is 3. The van der Waals surface area contributed by atoms with Crippen LogP contribution in [0.2, 0.25) is 0 Å². The largest absolute Gasteiger partial charge is 0.343 e. The Hall–Kier alpha value is -3.15. The molecule has 114 valence electrons. The molecular formula is C17H16N6. The predicted molar refractivity (Wildman–Crippen MR) is 90.4 cm³/mol. The second kappa shape index (κ2) is 5.24. The van der Waals surface area contributed by atoms with Crippen molar-refractivity contribution in [2.24, 2.45) is 14.1 Å². The van der Waals surface area contributed by atoms with Crippen molar-refractivity contribution in [3.05, 3.63) is 55.2 Å². The van der Waals surface area contributed by atoms with Crippen LogP contribution in [0, 0.1) is 0 Å². The molecule has 4 aromatic rings. The molecule has 0 spiro atoms. The number of hydrogen-bond acceptors (Lipinski definition) is 4. The Morgan fingerprint density at radius 1 is 1.04 bits per heavy atom. The van der Waals surface area contributed by atoms with Crippen LogP contribution in [0.4, 0.5) is 11.5 Å². The summed E-state index contributed by atoms with van der Waals surface area (Å²) in [6.07, 6.45) is 9.28. The number of hydrogen-bond donors (Lipinski definition) is 1. The zero-order chi connectivity index (χ0) is 15.8. The quantitative estimate of drug-likeness (QED) is 0.632. The number of nitrogens with zero attached hydrogens (tertiary/aromatic N) is 5. The van der Waals surface area contributed by atoms with Gasteiger partial charge in [-0.15, -0.1) is 0 Å². The van der Waals surface area contributed by atoms with Gasteiger partial charge in [-0.05, 0) is 18.2 Å². The molecule has 0 aliphatic carbocycles. The first-order valence-corrected chi connectivity index (χ1v) is 7.32. The van der Waals surface area contributed by atoms with Crippen LogP contribution in [0.5, 0.6) is 0 Å². The molecule has 0 saturated heterocycles. The van der Waals surface area contributed by atoms with Gasteiger partial charge in [-0.2, -0.15) is 5.10 Å². The van der Waals surface area contributed by atoms with Crippen LogP contribution in [0.3, 0.4) is 0 Å². The van der Waals surface area contributed by atoms with E-state index >= 15 is 0 Å². The van der Waals surface area contributed by atoms with Gasteiger partial charge in [0.25, 0.3) is 0 Å². The summed E-state index contributed by atoms with van der Waals surface area (Å²) < 4.78 is 3.97. The van der Waals surface area contributed by atoms with E-state index < -0.39 is 0 Å². The lowest BCUT2D eigenvalue weighted by molar-refractivity contribution is 0.768. The molecule has 0 radical (unpaired) electrons. The minimum atomic E-state index is 0.808. The highest BCUT2D eigenvalue weighted by molar-refractivity contribution is 5.88. The lowest BCUT2D eigenvalue weighted by Gasteiger charge is -2.06. The van der Waals surface area contributed by atoms with Gasteiger partial charge < -0.3 is 9.88 Å². The monoisotopic (exact) mass is 304 g/mol. The molecule has 1 N–H and O–H groups in total. The first-order chi connectivity index (χ1) is 11.2. The molecule has 23 heavy (non-hydrogen) atoms. The second-order valence-electron chi connectivity index (χ2n) is 5.48. The molecule has 0 aliphatic rings. The molecule has 6 heteroatoms. The first kappa shape index (κ1) is 13.5. The standard InChI is InChI=1S/C17H16N6/c1-22-11-13(10-20-22)15-7-12-9-19-17(8-16(12)23(15)2)21-14-3-5-18-6-4-14/h3-11H,1-2H3,(H,18,19,21). The molecule has 0 amide bonds. The van der Waals surface area contributed by atoms with Gasteiger partial charge in [-0.3, -0.25) is 9.67 Å². The Kier molecular flexibility index (Phi) is 3.08. The van der Waals surface area contributed by atoms with Gasteiger partial charge in [0.1, 0.15) is 5.82 Å². The first-order valence-electron chi connectivity index (χ1n) is 7.32. The molecule has 4 aromatic heterocycles. The fourth-order valence-electron chi connectivity index (χ4n) is 2.71. The van der Waals surface area contributed by atoms with E-state index in [1.54, 1.807) is 12.4 Å². The highest BCUT2D eigenvalue weighted by Crippen LogP contribution is 2.28. The summed E-state index contributed by atoms with van der Waals surface area (Å²) in [6.45, 7) is 0. The fourth-order valence-corrected chi connectivity index (χ4v) is 2.71. The Balaban J connectivity index is 1.75. The van der Waals surface area contributed by atoms with Crippen LogP contribution in [0.1, 0.15) is 0 Å². The van der Waals surface area contributed by atoms with Gasteiger partial charge in [-0.1, -0.05) is 0 Å². The number of pyridine rings is 2. The summed E-state index contributed by atoms with van der Waals surface area (Å²) in [5.41, 5.74) is 4.30. The molecule has 0 unspecified atom stereocenters. The second-order valence-corrected chi connectivity index (χ2v) is 5.48. The van der Waals surface area contributed by atoms with E-state index in [0.29, 0.717) is 0 Å². The van der Waals surface area contributed by atoms with E-state index in [1.807, 2.05) is 42.5 Å². The van der Waals surface area contributed by atoms with Crippen LogP contribution in [-0.2, 0) is 14.1 Å². The molecule has 0 aromatic carbocycles. The summed E-state index contributed by atoms with van der Waals surface area (Å²) in [5.74, 6) is 0.808. The number of nitrogens with one attached hydrogen (secondary N) is 1. The van der Waals surface area contributed by atoms with E-state index in [0.717, 1.165) is 33.7 Å². The van der Waals surface area contributed by atoms with Gasteiger partial charge in [0.05, 0.1) is 17.4 Å². The number of fused-ring (bicyclic) bond motifs is 1. The number of aryl methyl sites for hydroxylation is 2. The molecule has 0 saturated carbocycles. The van der Waals surface area contributed by atoms with E-state index in [4.69, 9.17) is 0 Å². The van der Waals surface area contributed by atoms with Gasteiger partial charge >= 0.3 is 0 Å². The van der Waals surface area contributed by atoms with Crippen molar-refractivity contribution in [3.63, 3.8) is 0 Å². The molecule has 0 aliphatic heterocycles. The molecule has 0 fully saturated rings. The van der Waals surface area contributed by atoms with Crippen LogP contribution < -0.4 is 5.32 Å². The van der Waals surface area contributed by atoms with Crippen molar-refractivity contribution < 1.29 is 0 Å².